The van der Waals surface area contributed by atoms with E-state index >= 15 is 0 Å². The van der Waals surface area contributed by atoms with E-state index in [9.17, 15) is 17.6 Å². The molecule has 8 heteroatoms. The molecule has 0 aliphatic carbocycles. The summed E-state index contributed by atoms with van der Waals surface area (Å²) >= 11 is 1.08. The van der Waals surface area contributed by atoms with E-state index in [0.717, 1.165) is 36.0 Å². The fourth-order valence-corrected chi connectivity index (χ4v) is 3.73. The van der Waals surface area contributed by atoms with E-state index < -0.39 is 15.8 Å². The van der Waals surface area contributed by atoms with Crippen molar-refractivity contribution in [3.63, 3.8) is 0 Å². The van der Waals surface area contributed by atoms with E-state index in [4.69, 9.17) is 0 Å². The van der Waals surface area contributed by atoms with Crippen LogP contribution in [0.4, 0.5) is 4.39 Å². The minimum absolute atomic E-state index is 0.0996. The van der Waals surface area contributed by atoms with Crippen LogP contribution in [0.15, 0.2) is 33.6 Å². The first kappa shape index (κ1) is 14.0. The third kappa shape index (κ3) is 2.95. The Kier molecular flexibility index (Phi) is 3.91. The van der Waals surface area contributed by atoms with E-state index in [-0.39, 0.29) is 21.7 Å². The SMILES string of the molecule is CCN1C(=O)CSC1=NS(=O)(=O)c1ccc(F)cc1. The first-order valence-electron chi connectivity index (χ1n) is 5.48. The summed E-state index contributed by atoms with van der Waals surface area (Å²) < 4.78 is 40.4. The van der Waals surface area contributed by atoms with E-state index in [0.29, 0.717) is 6.54 Å². The van der Waals surface area contributed by atoms with E-state index in [1.54, 1.807) is 6.92 Å². The van der Waals surface area contributed by atoms with Gasteiger partial charge in [-0.05, 0) is 31.2 Å². The molecule has 1 aliphatic rings. The Labute approximate surface area is 114 Å². The van der Waals surface area contributed by atoms with Crippen LogP contribution in [0.25, 0.3) is 0 Å². The Hall–Kier alpha value is -1.41. The molecule has 5 nitrogen and oxygen atoms in total. The van der Waals surface area contributed by atoms with Crippen molar-refractivity contribution in [2.45, 2.75) is 11.8 Å². The zero-order valence-corrected chi connectivity index (χ0v) is 11.7. The van der Waals surface area contributed by atoms with Crippen LogP contribution in [0.3, 0.4) is 0 Å². The molecule has 0 saturated carbocycles. The number of sulfonamides is 1. The molecular formula is C11H11FN2O3S2. The molecule has 0 aromatic heterocycles. The number of benzene rings is 1. The Balaban J connectivity index is 2.36. The standard InChI is InChI=1S/C11H11FN2O3S2/c1-2-14-10(15)7-18-11(14)13-19(16,17)9-5-3-8(12)4-6-9/h3-6H,2,7H2,1H3. The Morgan fingerprint density at radius 1 is 1.37 bits per heavy atom. The molecule has 0 radical (unpaired) electrons. The largest absolute Gasteiger partial charge is 0.290 e. The lowest BCUT2D eigenvalue weighted by atomic mass is 10.4. The third-order valence-electron chi connectivity index (χ3n) is 2.48. The molecule has 0 atom stereocenters. The number of thioether (sulfide) groups is 1. The lowest BCUT2D eigenvalue weighted by molar-refractivity contribution is -0.123. The Bertz CT molecular complexity index is 626. The maximum Gasteiger partial charge on any atom is 0.284 e. The summed E-state index contributed by atoms with van der Waals surface area (Å²) in [5.41, 5.74) is 0. The predicted molar refractivity (Wildman–Crippen MR) is 70.9 cm³/mol. The molecule has 102 valence electrons. The van der Waals surface area contributed by atoms with Crippen LogP contribution in [0, 0.1) is 5.82 Å². The van der Waals surface area contributed by atoms with Gasteiger partial charge in [0, 0.05) is 6.54 Å². The summed E-state index contributed by atoms with van der Waals surface area (Å²) in [6.07, 6.45) is 0. The van der Waals surface area contributed by atoms with E-state index in [2.05, 4.69) is 4.40 Å². The number of amides is 1. The second kappa shape index (κ2) is 5.30. The van der Waals surface area contributed by atoms with Gasteiger partial charge in [-0.3, -0.25) is 9.69 Å². The number of hydrogen-bond acceptors (Lipinski definition) is 4. The quantitative estimate of drug-likeness (QED) is 0.848. The van der Waals surface area contributed by atoms with Gasteiger partial charge in [-0.1, -0.05) is 11.8 Å². The van der Waals surface area contributed by atoms with E-state index in [1.165, 1.54) is 4.90 Å². The topological polar surface area (TPSA) is 66.8 Å². The van der Waals surface area contributed by atoms with Gasteiger partial charge in [-0.25, -0.2) is 4.39 Å². The molecule has 0 bridgehead atoms. The van der Waals surface area contributed by atoms with Gasteiger partial charge in [0.15, 0.2) is 5.17 Å². The van der Waals surface area contributed by atoms with Gasteiger partial charge in [0.25, 0.3) is 10.0 Å². The molecule has 2 rings (SSSR count). The summed E-state index contributed by atoms with van der Waals surface area (Å²) in [4.78, 5) is 12.7. The van der Waals surface area contributed by atoms with Crippen molar-refractivity contribution in [2.24, 2.45) is 4.40 Å². The van der Waals surface area contributed by atoms with Gasteiger partial charge in [0.1, 0.15) is 5.82 Å². The first-order chi connectivity index (χ1) is 8.94. The molecule has 0 unspecified atom stereocenters. The van der Waals surface area contributed by atoms with Crippen molar-refractivity contribution in [3.05, 3.63) is 30.1 Å². The van der Waals surface area contributed by atoms with Gasteiger partial charge >= 0.3 is 0 Å². The van der Waals surface area contributed by atoms with Crippen molar-refractivity contribution < 1.29 is 17.6 Å². The van der Waals surface area contributed by atoms with Gasteiger partial charge in [0.2, 0.25) is 5.91 Å². The van der Waals surface area contributed by atoms with Crippen molar-refractivity contribution in [1.82, 2.24) is 4.90 Å². The molecule has 19 heavy (non-hydrogen) atoms. The molecule has 1 aromatic carbocycles. The maximum atomic E-state index is 12.8. The predicted octanol–water partition coefficient (Wildman–Crippen LogP) is 1.47. The Morgan fingerprint density at radius 3 is 2.58 bits per heavy atom. The summed E-state index contributed by atoms with van der Waals surface area (Å²) in [6.45, 7) is 2.10. The summed E-state index contributed by atoms with van der Waals surface area (Å²) in [5, 5.41) is 0.164. The van der Waals surface area contributed by atoms with Crippen molar-refractivity contribution >= 4 is 32.9 Å². The molecule has 1 fully saturated rings. The lowest BCUT2D eigenvalue weighted by Crippen LogP contribution is -2.29. The highest BCUT2D eigenvalue weighted by atomic mass is 32.2. The zero-order chi connectivity index (χ0) is 14.0. The highest BCUT2D eigenvalue weighted by Gasteiger charge is 2.29. The number of hydrogen-bond donors (Lipinski definition) is 0. The smallest absolute Gasteiger partial charge is 0.284 e. The average Bonchev–Trinajstić information content (AvgIpc) is 2.69. The Morgan fingerprint density at radius 2 is 2.00 bits per heavy atom. The number of amidine groups is 1. The van der Waals surface area contributed by atoms with Gasteiger partial charge in [0.05, 0.1) is 10.6 Å². The van der Waals surface area contributed by atoms with Gasteiger partial charge in [-0.15, -0.1) is 4.40 Å². The molecule has 1 heterocycles. The second-order valence-corrected chi connectivity index (χ2v) is 6.28. The van der Waals surface area contributed by atoms with Crippen LogP contribution in [0.2, 0.25) is 0 Å². The highest BCUT2D eigenvalue weighted by Crippen LogP contribution is 2.22. The van der Waals surface area contributed by atoms with E-state index in [1.807, 2.05) is 0 Å². The van der Waals surface area contributed by atoms with Crippen LogP contribution in [-0.2, 0) is 14.8 Å². The number of nitrogens with zero attached hydrogens (tertiary/aromatic N) is 2. The minimum Gasteiger partial charge on any atom is -0.290 e. The van der Waals surface area contributed by atoms with Crippen LogP contribution in [-0.4, -0.2) is 36.7 Å². The number of halogens is 1. The maximum absolute atomic E-state index is 12.8. The fourth-order valence-electron chi connectivity index (χ4n) is 1.54. The number of rotatable bonds is 3. The summed E-state index contributed by atoms with van der Waals surface area (Å²) in [5.74, 6) is -0.501. The van der Waals surface area contributed by atoms with Crippen molar-refractivity contribution in [1.29, 1.82) is 0 Å². The molecule has 1 saturated heterocycles. The molecular weight excluding hydrogens is 291 g/mol. The van der Waals surface area contributed by atoms with Crippen LogP contribution in [0.5, 0.6) is 0 Å². The van der Waals surface area contributed by atoms with Gasteiger partial charge in [-0.2, -0.15) is 8.42 Å². The normalized spacial score (nSPS) is 18.3. The molecule has 1 aromatic rings. The second-order valence-electron chi connectivity index (χ2n) is 3.73. The molecule has 0 spiro atoms. The van der Waals surface area contributed by atoms with Gasteiger partial charge < -0.3 is 0 Å². The monoisotopic (exact) mass is 302 g/mol. The molecule has 1 amide bonds. The number of carbonyl (C=O) groups excluding carboxylic acids is 1. The van der Waals surface area contributed by atoms with Crippen LogP contribution >= 0.6 is 11.8 Å². The average molecular weight is 302 g/mol. The molecule has 0 N–H and O–H groups in total. The summed E-state index contributed by atoms with van der Waals surface area (Å²) in [7, 11) is -3.92. The highest BCUT2D eigenvalue weighted by molar-refractivity contribution is 8.15. The zero-order valence-electron chi connectivity index (χ0n) is 10.0. The van der Waals surface area contributed by atoms with Crippen molar-refractivity contribution in [2.75, 3.05) is 12.3 Å². The first-order valence-corrected chi connectivity index (χ1v) is 7.90. The molecule has 1 aliphatic heterocycles. The lowest BCUT2D eigenvalue weighted by Gasteiger charge is -2.12. The van der Waals surface area contributed by atoms with Crippen LogP contribution < -0.4 is 0 Å². The summed E-state index contributed by atoms with van der Waals surface area (Å²) in [6, 6.07) is 4.40. The third-order valence-corrected chi connectivity index (χ3v) is 4.84. The number of carbonyl (C=O) groups is 1. The van der Waals surface area contributed by atoms with Crippen LogP contribution in [0.1, 0.15) is 6.92 Å². The van der Waals surface area contributed by atoms with Crippen molar-refractivity contribution in [3.8, 4) is 0 Å². The minimum atomic E-state index is -3.92. The fraction of sp³-hybridized carbons (Fsp3) is 0.273.